The van der Waals surface area contributed by atoms with Gasteiger partial charge >= 0.3 is 0 Å². The van der Waals surface area contributed by atoms with Crippen molar-refractivity contribution in [1.29, 1.82) is 5.41 Å². The van der Waals surface area contributed by atoms with Gasteiger partial charge in [-0.15, -0.1) is 0 Å². The van der Waals surface area contributed by atoms with Gasteiger partial charge in [0.05, 0.1) is 17.5 Å². The Balaban J connectivity index is 2.02. The van der Waals surface area contributed by atoms with Crippen molar-refractivity contribution in [3.8, 4) is 0 Å². The Morgan fingerprint density at radius 3 is 3.06 bits per heavy atom. The third-order valence-electron chi connectivity index (χ3n) is 2.96. The van der Waals surface area contributed by atoms with E-state index in [4.69, 9.17) is 11.1 Å². The minimum Gasteiger partial charge on any atom is -0.387 e. The number of pyridine rings is 1. The van der Waals surface area contributed by atoms with Crippen molar-refractivity contribution in [2.75, 3.05) is 0 Å². The van der Waals surface area contributed by atoms with E-state index < -0.39 is 0 Å². The summed E-state index contributed by atoms with van der Waals surface area (Å²) in [6.07, 6.45) is 6.97. The molecule has 3 N–H and O–H groups in total. The zero-order chi connectivity index (χ0) is 11.1. The topological polar surface area (TPSA) is 67.2 Å². The van der Waals surface area contributed by atoms with Crippen molar-refractivity contribution in [2.24, 2.45) is 5.73 Å². The number of aromatic nitrogens is 2. The lowest BCUT2D eigenvalue weighted by Crippen LogP contribution is -2.12. The van der Waals surface area contributed by atoms with Gasteiger partial charge < -0.3 is 10.1 Å². The number of hydrogen-bond donors (Lipinski definition) is 2. The summed E-state index contributed by atoms with van der Waals surface area (Å²) in [5.74, 6) is 2.02. The van der Waals surface area contributed by atoms with Crippen LogP contribution in [0.3, 0.4) is 0 Å². The second kappa shape index (κ2) is 3.33. The van der Waals surface area contributed by atoms with Gasteiger partial charge in [0.25, 0.3) is 0 Å². The van der Waals surface area contributed by atoms with Crippen LogP contribution in [0.4, 0.5) is 0 Å². The van der Waals surface area contributed by atoms with Gasteiger partial charge in [-0.1, -0.05) is 0 Å². The molecule has 1 saturated carbocycles. The average molecular weight is 214 g/mol. The molecule has 0 saturated heterocycles. The summed E-state index contributed by atoms with van der Waals surface area (Å²) in [5.41, 5.74) is 7.56. The van der Waals surface area contributed by atoms with Crippen molar-refractivity contribution in [2.45, 2.75) is 25.2 Å². The number of nitrogens with zero attached hydrogens (tertiary/aromatic N) is 2. The van der Waals surface area contributed by atoms with Crippen LogP contribution in [-0.2, 0) is 6.42 Å². The van der Waals surface area contributed by atoms with Crippen LogP contribution in [-0.4, -0.2) is 15.2 Å². The molecule has 0 aromatic carbocycles. The van der Waals surface area contributed by atoms with E-state index in [2.05, 4.69) is 15.5 Å². The molecule has 0 amide bonds. The number of fused-ring (bicyclic) bond motifs is 1. The molecule has 2 aromatic heterocycles. The van der Waals surface area contributed by atoms with E-state index in [1.165, 1.54) is 18.7 Å². The summed E-state index contributed by atoms with van der Waals surface area (Å²) < 4.78 is 2.14. The van der Waals surface area contributed by atoms with Crippen molar-refractivity contribution in [1.82, 2.24) is 9.38 Å². The van der Waals surface area contributed by atoms with Crippen molar-refractivity contribution in [3.63, 3.8) is 0 Å². The van der Waals surface area contributed by atoms with Crippen LogP contribution in [0.1, 0.15) is 30.1 Å². The highest BCUT2D eigenvalue weighted by molar-refractivity contribution is 5.79. The van der Waals surface area contributed by atoms with Gasteiger partial charge in [-0.25, -0.2) is 4.98 Å². The quantitative estimate of drug-likeness (QED) is 0.603. The number of nitrogens with one attached hydrogen (secondary N) is 1. The Bertz CT molecular complexity index is 551. The van der Waals surface area contributed by atoms with E-state index in [1.807, 2.05) is 18.5 Å². The Morgan fingerprint density at radius 2 is 2.38 bits per heavy atom. The fourth-order valence-corrected chi connectivity index (χ4v) is 2.04. The number of imidazole rings is 1. The van der Waals surface area contributed by atoms with E-state index in [9.17, 15) is 0 Å². The summed E-state index contributed by atoms with van der Waals surface area (Å²) in [6, 6.07) is 4.07. The van der Waals surface area contributed by atoms with E-state index >= 15 is 0 Å². The number of nitrogens with two attached hydrogens (primary N) is 1. The van der Waals surface area contributed by atoms with Crippen LogP contribution in [0.15, 0.2) is 24.5 Å². The van der Waals surface area contributed by atoms with Crippen molar-refractivity contribution >= 4 is 11.4 Å². The molecule has 0 bridgehead atoms. The lowest BCUT2D eigenvalue weighted by atomic mass is 10.2. The molecule has 4 nitrogen and oxygen atoms in total. The first kappa shape index (κ1) is 9.39. The molecule has 3 rings (SSSR count). The fourth-order valence-electron chi connectivity index (χ4n) is 2.04. The van der Waals surface area contributed by atoms with Crippen LogP contribution in [0.2, 0.25) is 0 Å². The molecule has 16 heavy (non-hydrogen) atoms. The molecule has 82 valence electrons. The first-order chi connectivity index (χ1) is 7.74. The molecule has 0 spiro atoms. The maximum atomic E-state index is 7.28. The van der Waals surface area contributed by atoms with Crippen LogP contribution in [0, 0.1) is 5.41 Å². The summed E-state index contributed by atoms with van der Waals surface area (Å²) in [6.45, 7) is 0. The smallest absolute Gasteiger partial charge is 0.116 e. The normalized spacial score (nSPS) is 15.5. The molecule has 1 aliphatic rings. The molecule has 2 heterocycles. The molecule has 0 unspecified atom stereocenters. The molecular weight excluding hydrogens is 200 g/mol. The molecule has 2 aromatic rings. The van der Waals surface area contributed by atoms with Gasteiger partial charge in [0, 0.05) is 18.5 Å². The predicted molar refractivity (Wildman–Crippen MR) is 62.8 cm³/mol. The molecule has 1 fully saturated rings. The van der Waals surface area contributed by atoms with Gasteiger partial charge in [-0.05, 0) is 30.5 Å². The maximum Gasteiger partial charge on any atom is 0.116 e. The molecule has 0 atom stereocenters. The first-order valence-corrected chi connectivity index (χ1v) is 5.53. The molecule has 1 aliphatic carbocycles. The van der Waals surface area contributed by atoms with Gasteiger partial charge in [-0.3, -0.25) is 5.41 Å². The fraction of sp³-hybridized carbons (Fsp3) is 0.333. The predicted octanol–water partition coefficient (Wildman–Crippen LogP) is 1.69. The van der Waals surface area contributed by atoms with Crippen LogP contribution < -0.4 is 5.73 Å². The second-order valence-corrected chi connectivity index (χ2v) is 4.42. The lowest BCUT2D eigenvalue weighted by molar-refractivity contribution is 0.919. The Kier molecular flexibility index (Phi) is 1.96. The number of hydrogen-bond acceptors (Lipinski definition) is 2. The molecular formula is C12H14N4. The Labute approximate surface area is 93.6 Å². The minimum atomic E-state index is 0.200. The minimum absolute atomic E-state index is 0.200. The van der Waals surface area contributed by atoms with Crippen LogP contribution >= 0.6 is 0 Å². The zero-order valence-corrected chi connectivity index (χ0v) is 8.98. The zero-order valence-electron chi connectivity index (χ0n) is 8.98. The average Bonchev–Trinajstić information content (AvgIpc) is 2.98. The summed E-state index contributed by atoms with van der Waals surface area (Å²) in [7, 11) is 0. The number of rotatable bonds is 3. The highest BCUT2D eigenvalue weighted by atomic mass is 15.0. The van der Waals surface area contributed by atoms with E-state index in [1.54, 1.807) is 0 Å². The second-order valence-electron chi connectivity index (χ2n) is 4.42. The highest BCUT2D eigenvalue weighted by Gasteiger charge is 2.27. The van der Waals surface area contributed by atoms with E-state index in [-0.39, 0.29) is 5.84 Å². The third kappa shape index (κ3) is 1.56. The third-order valence-corrected chi connectivity index (χ3v) is 2.96. The van der Waals surface area contributed by atoms with Crippen molar-refractivity contribution < 1.29 is 0 Å². The van der Waals surface area contributed by atoms with E-state index in [0.717, 1.165) is 11.1 Å². The van der Waals surface area contributed by atoms with Crippen LogP contribution in [0.5, 0.6) is 0 Å². The largest absolute Gasteiger partial charge is 0.387 e. The van der Waals surface area contributed by atoms with Crippen LogP contribution in [0.25, 0.3) is 5.52 Å². The van der Waals surface area contributed by atoms with Crippen molar-refractivity contribution in [3.05, 3.63) is 35.9 Å². The highest BCUT2D eigenvalue weighted by Crippen LogP contribution is 2.39. The van der Waals surface area contributed by atoms with Gasteiger partial charge in [0.2, 0.25) is 0 Å². The van der Waals surface area contributed by atoms with Gasteiger partial charge in [0.1, 0.15) is 5.82 Å². The monoisotopic (exact) mass is 214 g/mol. The Hall–Kier alpha value is -1.84. The summed E-state index contributed by atoms with van der Waals surface area (Å²) in [4.78, 5) is 4.46. The molecule has 0 aliphatic heterocycles. The SMILES string of the molecule is N=C(N)Cc1ccn2c(C3CC3)ncc2c1. The Morgan fingerprint density at radius 1 is 1.56 bits per heavy atom. The summed E-state index contributed by atoms with van der Waals surface area (Å²) in [5, 5.41) is 7.28. The first-order valence-electron chi connectivity index (χ1n) is 5.53. The van der Waals surface area contributed by atoms with Gasteiger partial charge in [-0.2, -0.15) is 0 Å². The molecule has 4 heteroatoms. The number of amidine groups is 1. The maximum absolute atomic E-state index is 7.28. The van der Waals surface area contributed by atoms with Gasteiger partial charge in [0.15, 0.2) is 0 Å². The lowest BCUT2D eigenvalue weighted by Gasteiger charge is -2.02. The van der Waals surface area contributed by atoms with E-state index in [0.29, 0.717) is 12.3 Å². The molecule has 0 radical (unpaired) electrons. The standard InChI is InChI=1S/C12H14N4/c13-11(14)6-8-3-4-16-10(5-8)7-15-12(16)9-1-2-9/h3-5,7,9H,1-2,6H2,(H3,13,14). The summed E-state index contributed by atoms with van der Waals surface area (Å²) >= 11 is 0.